The lowest BCUT2D eigenvalue weighted by Gasteiger charge is -2.34. The molecule has 0 amide bonds. The zero-order valence-corrected chi connectivity index (χ0v) is 9.55. The van der Waals surface area contributed by atoms with Crippen molar-refractivity contribution >= 4 is 22.3 Å². The van der Waals surface area contributed by atoms with Gasteiger partial charge in [0.05, 0.1) is 0 Å². The Balaban J connectivity index is 2.10. The molecule has 1 aliphatic heterocycles. The van der Waals surface area contributed by atoms with Crippen molar-refractivity contribution in [3.8, 4) is 0 Å². The summed E-state index contributed by atoms with van der Waals surface area (Å²) in [5.74, 6) is 2.18. The van der Waals surface area contributed by atoms with Crippen LogP contribution < -0.4 is 10.6 Å². The molecular formula is C10H17N3S. The third-order valence-corrected chi connectivity index (χ3v) is 3.57. The first kappa shape index (κ1) is 9.77. The fourth-order valence-corrected chi connectivity index (χ4v) is 2.98. The number of hydrogen-bond acceptors (Lipinski definition) is 4. The van der Waals surface area contributed by atoms with E-state index in [-0.39, 0.29) is 0 Å². The molecule has 2 N–H and O–H groups in total. The highest BCUT2D eigenvalue weighted by molar-refractivity contribution is 7.14. The van der Waals surface area contributed by atoms with Gasteiger partial charge in [0.25, 0.3) is 0 Å². The summed E-state index contributed by atoms with van der Waals surface area (Å²) in [6.45, 7) is 6.85. The lowest BCUT2D eigenvalue weighted by atomic mass is 9.92. The van der Waals surface area contributed by atoms with Crippen molar-refractivity contribution in [2.75, 3.05) is 23.7 Å². The first-order valence-electron chi connectivity index (χ1n) is 5.11. The number of piperidine rings is 1. The molecule has 0 unspecified atom stereocenters. The standard InChI is InChI=1S/C10H17N3S/c1-7-3-8(2)5-13(4-7)10-12-9(11)6-14-10/h6-8H,3-5,11H2,1-2H3/t7-,8-/m1/s1. The Morgan fingerprint density at radius 2 is 2.07 bits per heavy atom. The van der Waals surface area contributed by atoms with Gasteiger partial charge in [0.2, 0.25) is 0 Å². The number of nitrogens with two attached hydrogens (primary N) is 1. The van der Waals surface area contributed by atoms with E-state index in [0.29, 0.717) is 5.82 Å². The molecule has 1 aromatic rings. The van der Waals surface area contributed by atoms with Crippen molar-refractivity contribution in [2.45, 2.75) is 20.3 Å². The summed E-state index contributed by atoms with van der Waals surface area (Å²) in [5, 5.41) is 3.00. The van der Waals surface area contributed by atoms with Crippen LogP contribution in [0.25, 0.3) is 0 Å². The fraction of sp³-hybridized carbons (Fsp3) is 0.700. The van der Waals surface area contributed by atoms with E-state index in [0.717, 1.165) is 30.1 Å². The van der Waals surface area contributed by atoms with Gasteiger partial charge in [-0.15, -0.1) is 11.3 Å². The monoisotopic (exact) mass is 211 g/mol. The average molecular weight is 211 g/mol. The number of nitrogens with zero attached hydrogens (tertiary/aromatic N) is 2. The van der Waals surface area contributed by atoms with E-state index in [9.17, 15) is 0 Å². The van der Waals surface area contributed by atoms with E-state index < -0.39 is 0 Å². The van der Waals surface area contributed by atoms with Crippen LogP contribution in [0, 0.1) is 11.8 Å². The quantitative estimate of drug-likeness (QED) is 0.774. The summed E-state index contributed by atoms with van der Waals surface area (Å²) in [4.78, 5) is 6.69. The Hall–Kier alpha value is -0.770. The molecule has 0 aromatic carbocycles. The molecule has 2 heterocycles. The van der Waals surface area contributed by atoms with Crippen LogP contribution in [-0.2, 0) is 0 Å². The number of hydrogen-bond donors (Lipinski definition) is 1. The van der Waals surface area contributed by atoms with Crippen LogP contribution in [-0.4, -0.2) is 18.1 Å². The van der Waals surface area contributed by atoms with E-state index in [1.807, 2.05) is 5.38 Å². The molecule has 1 aliphatic rings. The summed E-state index contributed by atoms with van der Waals surface area (Å²) in [6.07, 6.45) is 1.33. The zero-order chi connectivity index (χ0) is 10.1. The summed E-state index contributed by atoms with van der Waals surface area (Å²) >= 11 is 1.65. The second-order valence-electron chi connectivity index (χ2n) is 4.41. The summed E-state index contributed by atoms with van der Waals surface area (Å²) in [6, 6.07) is 0. The summed E-state index contributed by atoms with van der Waals surface area (Å²) in [5.41, 5.74) is 5.63. The van der Waals surface area contributed by atoms with Gasteiger partial charge in [0.1, 0.15) is 5.82 Å². The third-order valence-electron chi connectivity index (χ3n) is 2.65. The maximum absolute atomic E-state index is 5.63. The average Bonchev–Trinajstić information content (AvgIpc) is 2.50. The first-order valence-corrected chi connectivity index (χ1v) is 5.99. The van der Waals surface area contributed by atoms with Gasteiger partial charge in [0.15, 0.2) is 5.13 Å². The molecule has 2 rings (SSSR count). The lowest BCUT2D eigenvalue weighted by Crippen LogP contribution is -2.38. The van der Waals surface area contributed by atoms with Crippen LogP contribution in [0.3, 0.4) is 0 Å². The van der Waals surface area contributed by atoms with Gasteiger partial charge in [-0.2, -0.15) is 0 Å². The van der Waals surface area contributed by atoms with Crippen LogP contribution in [0.2, 0.25) is 0 Å². The van der Waals surface area contributed by atoms with Crippen molar-refractivity contribution in [1.82, 2.24) is 4.98 Å². The maximum Gasteiger partial charge on any atom is 0.187 e. The Labute approximate surface area is 88.9 Å². The SMILES string of the molecule is C[C@@H]1C[C@@H](C)CN(c2nc(N)cs2)C1. The largest absolute Gasteiger partial charge is 0.383 e. The van der Waals surface area contributed by atoms with Crippen LogP contribution >= 0.6 is 11.3 Å². The molecule has 3 nitrogen and oxygen atoms in total. The third kappa shape index (κ3) is 2.00. The number of thiazole rings is 1. The predicted octanol–water partition coefficient (Wildman–Crippen LogP) is 2.21. The number of anilines is 2. The molecule has 1 saturated heterocycles. The molecule has 2 atom stereocenters. The van der Waals surface area contributed by atoms with Crippen LogP contribution in [0.15, 0.2) is 5.38 Å². The van der Waals surface area contributed by atoms with Crippen molar-refractivity contribution < 1.29 is 0 Å². The lowest BCUT2D eigenvalue weighted by molar-refractivity contribution is 0.356. The minimum atomic E-state index is 0.649. The maximum atomic E-state index is 5.63. The molecular weight excluding hydrogens is 194 g/mol. The van der Waals surface area contributed by atoms with E-state index in [1.165, 1.54) is 6.42 Å². The topological polar surface area (TPSA) is 42.2 Å². The minimum Gasteiger partial charge on any atom is -0.383 e. The van der Waals surface area contributed by atoms with Crippen LogP contribution in [0.1, 0.15) is 20.3 Å². The van der Waals surface area contributed by atoms with Gasteiger partial charge in [-0.25, -0.2) is 4.98 Å². The van der Waals surface area contributed by atoms with E-state index in [1.54, 1.807) is 11.3 Å². The molecule has 1 aromatic heterocycles. The second-order valence-corrected chi connectivity index (χ2v) is 5.24. The Bertz CT molecular complexity index is 300. The zero-order valence-electron chi connectivity index (χ0n) is 8.73. The molecule has 0 bridgehead atoms. The molecule has 0 aliphatic carbocycles. The van der Waals surface area contributed by atoms with E-state index in [4.69, 9.17) is 5.73 Å². The van der Waals surface area contributed by atoms with Gasteiger partial charge in [-0.05, 0) is 18.3 Å². The van der Waals surface area contributed by atoms with E-state index >= 15 is 0 Å². The molecule has 1 fully saturated rings. The summed E-state index contributed by atoms with van der Waals surface area (Å²) in [7, 11) is 0. The molecule has 0 radical (unpaired) electrons. The van der Waals surface area contributed by atoms with E-state index in [2.05, 4.69) is 23.7 Å². The molecule has 0 spiro atoms. The molecule has 0 saturated carbocycles. The Kier molecular flexibility index (Phi) is 2.63. The molecule has 14 heavy (non-hydrogen) atoms. The van der Waals surface area contributed by atoms with Crippen molar-refractivity contribution in [3.63, 3.8) is 0 Å². The normalized spacial score (nSPS) is 28.0. The van der Waals surface area contributed by atoms with Gasteiger partial charge in [-0.1, -0.05) is 13.8 Å². The second kappa shape index (κ2) is 3.77. The van der Waals surface area contributed by atoms with Gasteiger partial charge < -0.3 is 10.6 Å². The van der Waals surface area contributed by atoms with Crippen molar-refractivity contribution in [2.24, 2.45) is 11.8 Å². The smallest absolute Gasteiger partial charge is 0.187 e. The highest BCUT2D eigenvalue weighted by Crippen LogP contribution is 2.28. The fourth-order valence-electron chi connectivity index (χ4n) is 2.24. The van der Waals surface area contributed by atoms with Crippen molar-refractivity contribution in [1.29, 1.82) is 0 Å². The first-order chi connectivity index (χ1) is 6.65. The number of rotatable bonds is 1. The Morgan fingerprint density at radius 1 is 1.43 bits per heavy atom. The van der Waals surface area contributed by atoms with Gasteiger partial charge in [-0.3, -0.25) is 0 Å². The van der Waals surface area contributed by atoms with Gasteiger partial charge >= 0.3 is 0 Å². The van der Waals surface area contributed by atoms with Crippen LogP contribution in [0.4, 0.5) is 10.9 Å². The Morgan fingerprint density at radius 3 is 2.57 bits per heavy atom. The van der Waals surface area contributed by atoms with Crippen LogP contribution in [0.5, 0.6) is 0 Å². The predicted molar refractivity (Wildman–Crippen MR) is 61.7 cm³/mol. The molecule has 78 valence electrons. The number of aromatic nitrogens is 1. The number of nitrogen functional groups attached to an aromatic ring is 1. The highest BCUT2D eigenvalue weighted by Gasteiger charge is 2.23. The van der Waals surface area contributed by atoms with Gasteiger partial charge in [0, 0.05) is 18.5 Å². The van der Waals surface area contributed by atoms with Crippen molar-refractivity contribution in [3.05, 3.63) is 5.38 Å². The minimum absolute atomic E-state index is 0.649. The summed E-state index contributed by atoms with van der Waals surface area (Å²) < 4.78 is 0. The highest BCUT2D eigenvalue weighted by atomic mass is 32.1. The molecule has 4 heteroatoms.